The molecule has 31 heavy (non-hydrogen) atoms. The molecule has 2 saturated heterocycles. The lowest BCUT2D eigenvalue weighted by Gasteiger charge is -2.36. The quantitative estimate of drug-likeness (QED) is 0.584. The predicted molar refractivity (Wildman–Crippen MR) is 120 cm³/mol. The van der Waals surface area contributed by atoms with E-state index in [0.29, 0.717) is 25.4 Å². The van der Waals surface area contributed by atoms with Crippen molar-refractivity contribution in [2.24, 2.45) is 4.99 Å². The number of benzene rings is 1. The molecule has 8 heteroatoms. The molecule has 0 unspecified atom stereocenters. The number of amides is 1. The van der Waals surface area contributed by atoms with Gasteiger partial charge in [-0.15, -0.1) is 0 Å². The van der Waals surface area contributed by atoms with Crippen LogP contribution in [0, 0.1) is 0 Å². The van der Waals surface area contributed by atoms with Gasteiger partial charge in [0, 0.05) is 51.5 Å². The number of nitrogens with zero attached hydrogens (tertiary/aromatic N) is 4. The summed E-state index contributed by atoms with van der Waals surface area (Å²) in [6.45, 7) is 9.61. The lowest BCUT2D eigenvalue weighted by molar-refractivity contribution is 0.0657. The van der Waals surface area contributed by atoms with Gasteiger partial charge < -0.3 is 29.2 Å². The Morgan fingerprint density at radius 3 is 2.45 bits per heavy atom. The summed E-state index contributed by atoms with van der Waals surface area (Å²) < 4.78 is 10.8. The van der Waals surface area contributed by atoms with Crippen molar-refractivity contribution in [1.29, 1.82) is 0 Å². The molecule has 0 spiro atoms. The number of anilines is 1. The highest BCUT2D eigenvalue weighted by Crippen LogP contribution is 2.22. The largest absolute Gasteiger partial charge is 0.459 e. The Bertz CT molecular complexity index is 869. The molecule has 166 valence electrons. The Labute approximate surface area is 183 Å². The number of morpholine rings is 1. The molecule has 1 amide bonds. The maximum Gasteiger partial charge on any atom is 0.289 e. The number of aliphatic imine (C=N–C) groups is 1. The van der Waals surface area contributed by atoms with Gasteiger partial charge in [0.1, 0.15) is 0 Å². The van der Waals surface area contributed by atoms with Crippen LogP contribution in [-0.4, -0.2) is 80.7 Å². The summed E-state index contributed by atoms with van der Waals surface area (Å²) in [4.78, 5) is 23.9. The van der Waals surface area contributed by atoms with E-state index in [9.17, 15) is 4.79 Å². The molecule has 0 bridgehead atoms. The van der Waals surface area contributed by atoms with Gasteiger partial charge in [-0.25, -0.2) is 4.99 Å². The second-order valence-electron chi connectivity index (χ2n) is 7.65. The highest BCUT2D eigenvalue weighted by molar-refractivity contribution is 5.91. The second kappa shape index (κ2) is 10.3. The summed E-state index contributed by atoms with van der Waals surface area (Å²) >= 11 is 0. The number of carbonyl (C=O) groups excluding carboxylic acids is 1. The van der Waals surface area contributed by atoms with Gasteiger partial charge >= 0.3 is 0 Å². The molecule has 2 aliphatic heterocycles. The maximum atomic E-state index is 12.5. The van der Waals surface area contributed by atoms with Crippen LogP contribution in [0.3, 0.4) is 0 Å². The highest BCUT2D eigenvalue weighted by atomic mass is 16.5. The van der Waals surface area contributed by atoms with Crippen LogP contribution >= 0.6 is 0 Å². The number of hydrogen-bond acceptors (Lipinski definition) is 5. The second-order valence-corrected chi connectivity index (χ2v) is 7.65. The average Bonchev–Trinajstić information content (AvgIpc) is 3.37. The molecule has 1 aromatic carbocycles. The normalized spacial score (nSPS) is 17.7. The third kappa shape index (κ3) is 5.19. The third-order valence-corrected chi connectivity index (χ3v) is 5.68. The van der Waals surface area contributed by atoms with Crippen LogP contribution in [0.25, 0.3) is 0 Å². The van der Waals surface area contributed by atoms with Gasteiger partial charge in [0.05, 0.1) is 26.0 Å². The Morgan fingerprint density at radius 1 is 1.00 bits per heavy atom. The Morgan fingerprint density at radius 2 is 1.74 bits per heavy atom. The van der Waals surface area contributed by atoms with Gasteiger partial charge in [-0.3, -0.25) is 4.79 Å². The molecular weight excluding hydrogens is 394 g/mol. The van der Waals surface area contributed by atoms with Gasteiger partial charge in [-0.05, 0) is 30.7 Å². The van der Waals surface area contributed by atoms with E-state index < -0.39 is 0 Å². The summed E-state index contributed by atoms with van der Waals surface area (Å²) in [5, 5.41) is 3.41. The SMILES string of the molecule is CCNC(=NCc1ccccc1N1CCOCC1)N1CCN(C(=O)c2ccco2)CC1. The molecule has 3 heterocycles. The molecule has 8 nitrogen and oxygen atoms in total. The zero-order valence-corrected chi connectivity index (χ0v) is 18.1. The standard InChI is InChI=1S/C23H31N5O3/c1-2-24-23(28-11-9-27(10-12-28)22(29)21-8-5-15-31-21)25-18-19-6-3-4-7-20(19)26-13-16-30-17-14-26/h3-8,15H,2,9-14,16-18H2,1H3,(H,24,25). The molecule has 0 radical (unpaired) electrons. The summed E-state index contributed by atoms with van der Waals surface area (Å²) in [6, 6.07) is 11.9. The predicted octanol–water partition coefficient (Wildman–Crippen LogP) is 2.04. The van der Waals surface area contributed by atoms with Crippen molar-refractivity contribution in [1.82, 2.24) is 15.1 Å². The van der Waals surface area contributed by atoms with Crippen molar-refractivity contribution in [2.45, 2.75) is 13.5 Å². The molecule has 2 fully saturated rings. The lowest BCUT2D eigenvalue weighted by Crippen LogP contribution is -2.53. The summed E-state index contributed by atoms with van der Waals surface area (Å²) in [6.07, 6.45) is 1.54. The van der Waals surface area contributed by atoms with Gasteiger partial charge in [0.25, 0.3) is 5.91 Å². The summed E-state index contributed by atoms with van der Waals surface area (Å²) in [7, 11) is 0. The zero-order valence-electron chi connectivity index (χ0n) is 18.1. The minimum atomic E-state index is -0.0500. The van der Waals surface area contributed by atoms with Crippen molar-refractivity contribution in [3.05, 3.63) is 54.0 Å². The van der Waals surface area contributed by atoms with Crippen molar-refractivity contribution >= 4 is 17.6 Å². The van der Waals surface area contributed by atoms with Crippen LogP contribution in [0.5, 0.6) is 0 Å². The number of guanidine groups is 1. The van der Waals surface area contributed by atoms with Crippen molar-refractivity contribution in [2.75, 3.05) is 63.9 Å². The van der Waals surface area contributed by atoms with Gasteiger partial charge in [-0.2, -0.15) is 0 Å². The van der Waals surface area contributed by atoms with Crippen LogP contribution in [0.4, 0.5) is 5.69 Å². The van der Waals surface area contributed by atoms with Gasteiger partial charge in [0.2, 0.25) is 0 Å². The van der Waals surface area contributed by atoms with E-state index in [1.54, 1.807) is 12.1 Å². The molecule has 2 aromatic rings. The fourth-order valence-corrected chi connectivity index (χ4v) is 4.02. The fourth-order valence-electron chi connectivity index (χ4n) is 4.02. The minimum absolute atomic E-state index is 0.0500. The van der Waals surface area contributed by atoms with E-state index in [4.69, 9.17) is 14.1 Å². The number of piperazine rings is 1. The number of carbonyl (C=O) groups is 1. The lowest BCUT2D eigenvalue weighted by atomic mass is 10.1. The Hall–Kier alpha value is -3.00. The van der Waals surface area contributed by atoms with Crippen molar-refractivity contribution in [3.63, 3.8) is 0 Å². The number of ether oxygens (including phenoxy) is 1. The number of hydrogen-bond donors (Lipinski definition) is 1. The maximum absolute atomic E-state index is 12.5. The number of rotatable bonds is 5. The molecule has 0 aliphatic carbocycles. The molecule has 0 atom stereocenters. The Balaban J connectivity index is 1.41. The van der Waals surface area contributed by atoms with E-state index in [2.05, 4.69) is 46.3 Å². The van der Waals surface area contributed by atoms with E-state index in [1.165, 1.54) is 17.5 Å². The van der Waals surface area contributed by atoms with Crippen LogP contribution in [0.15, 0.2) is 52.1 Å². The summed E-state index contributed by atoms with van der Waals surface area (Å²) in [5.74, 6) is 1.24. The molecule has 0 saturated carbocycles. The first-order valence-corrected chi connectivity index (χ1v) is 11.0. The van der Waals surface area contributed by atoms with Crippen LogP contribution < -0.4 is 10.2 Å². The Kier molecular flexibility index (Phi) is 7.09. The van der Waals surface area contributed by atoms with E-state index in [0.717, 1.165) is 51.9 Å². The first kappa shape index (κ1) is 21.2. The van der Waals surface area contributed by atoms with Crippen molar-refractivity contribution < 1.29 is 13.9 Å². The monoisotopic (exact) mass is 425 g/mol. The van der Waals surface area contributed by atoms with Gasteiger partial charge in [-0.1, -0.05) is 18.2 Å². The van der Waals surface area contributed by atoms with Gasteiger partial charge in [0.15, 0.2) is 11.7 Å². The summed E-state index contributed by atoms with van der Waals surface area (Å²) in [5.41, 5.74) is 2.45. The molecular formula is C23H31N5O3. The molecule has 2 aliphatic rings. The van der Waals surface area contributed by atoms with Crippen LogP contribution in [0.2, 0.25) is 0 Å². The highest BCUT2D eigenvalue weighted by Gasteiger charge is 2.25. The van der Waals surface area contributed by atoms with Crippen LogP contribution in [-0.2, 0) is 11.3 Å². The third-order valence-electron chi connectivity index (χ3n) is 5.68. The molecule has 1 N–H and O–H groups in total. The topological polar surface area (TPSA) is 73.6 Å². The number of nitrogens with one attached hydrogen (secondary N) is 1. The minimum Gasteiger partial charge on any atom is -0.459 e. The zero-order chi connectivity index (χ0) is 21.5. The molecule has 4 rings (SSSR count). The molecule has 1 aromatic heterocycles. The van der Waals surface area contributed by atoms with E-state index in [-0.39, 0.29) is 5.91 Å². The van der Waals surface area contributed by atoms with Crippen LogP contribution in [0.1, 0.15) is 23.0 Å². The first-order valence-electron chi connectivity index (χ1n) is 11.0. The van der Waals surface area contributed by atoms with E-state index in [1.807, 2.05) is 4.90 Å². The number of para-hydroxylation sites is 1. The fraction of sp³-hybridized carbons (Fsp3) is 0.478. The van der Waals surface area contributed by atoms with E-state index >= 15 is 0 Å². The average molecular weight is 426 g/mol. The van der Waals surface area contributed by atoms with Crippen molar-refractivity contribution in [3.8, 4) is 0 Å². The smallest absolute Gasteiger partial charge is 0.289 e. The number of furan rings is 1. The first-order chi connectivity index (χ1) is 15.3.